The second kappa shape index (κ2) is 4.10. The van der Waals surface area contributed by atoms with Crippen molar-refractivity contribution in [1.29, 1.82) is 0 Å². The molecule has 0 aliphatic rings. The van der Waals surface area contributed by atoms with Crippen LogP contribution < -0.4 is 0 Å². The third-order valence-corrected chi connectivity index (χ3v) is 2.79. The van der Waals surface area contributed by atoms with E-state index in [1.165, 1.54) is 6.07 Å². The van der Waals surface area contributed by atoms with Gasteiger partial charge in [-0.05, 0) is 47.5 Å². The monoisotopic (exact) mass is 294 g/mol. The molecule has 0 heterocycles. The summed E-state index contributed by atoms with van der Waals surface area (Å²) in [7, 11) is 0. The molecular weight excluding hydrogens is 286 g/mol. The van der Waals surface area contributed by atoms with Crippen LogP contribution in [0.3, 0.4) is 0 Å². The van der Waals surface area contributed by atoms with Crippen LogP contribution in [0.15, 0.2) is 16.6 Å². The summed E-state index contributed by atoms with van der Waals surface area (Å²) >= 11 is 9.01. The summed E-state index contributed by atoms with van der Waals surface area (Å²) in [6, 6.07) is 2.65. The van der Waals surface area contributed by atoms with Crippen molar-refractivity contribution in [3.05, 3.63) is 33.5 Å². The van der Waals surface area contributed by atoms with Gasteiger partial charge in [-0.15, -0.1) is 11.6 Å². The van der Waals surface area contributed by atoms with Gasteiger partial charge in [0, 0.05) is 4.47 Å². The fourth-order valence-electron chi connectivity index (χ4n) is 1.12. The smallest absolute Gasteiger partial charge is 0.339 e. The Labute approximate surface area is 100 Å². The first-order valence-electron chi connectivity index (χ1n) is 4.15. The topological polar surface area (TPSA) is 37.3 Å². The van der Waals surface area contributed by atoms with Gasteiger partial charge in [-0.25, -0.2) is 9.18 Å². The fourth-order valence-corrected chi connectivity index (χ4v) is 1.84. The number of rotatable bonds is 2. The highest BCUT2D eigenvalue weighted by Gasteiger charge is 2.22. The van der Waals surface area contributed by atoms with Gasteiger partial charge in [0.15, 0.2) is 0 Å². The Kier molecular flexibility index (Phi) is 3.41. The molecule has 0 bridgehead atoms. The quantitative estimate of drug-likeness (QED) is 0.844. The zero-order chi connectivity index (χ0) is 11.8. The average molecular weight is 296 g/mol. The number of carbonyl (C=O) groups is 1. The van der Waals surface area contributed by atoms with Crippen LogP contribution in [0.1, 0.15) is 29.8 Å². The highest BCUT2D eigenvalue weighted by Crippen LogP contribution is 2.32. The van der Waals surface area contributed by atoms with Gasteiger partial charge in [-0.2, -0.15) is 0 Å². The van der Waals surface area contributed by atoms with Crippen molar-refractivity contribution < 1.29 is 14.3 Å². The maximum Gasteiger partial charge on any atom is 0.339 e. The van der Waals surface area contributed by atoms with Crippen molar-refractivity contribution in [2.24, 2.45) is 0 Å². The van der Waals surface area contributed by atoms with Gasteiger partial charge in [0.1, 0.15) is 11.4 Å². The fraction of sp³-hybridized carbons (Fsp3) is 0.300. The van der Waals surface area contributed by atoms with E-state index in [-0.39, 0.29) is 10.0 Å². The molecule has 5 heteroatoms. The van der Waals surface area contributed by atoms with Gasteiger partial charge < -0.3 is 5.11 Å². The molecule has 0 saturated heterocycles. The number of alkyl halides is 1. The van der Waals surface area contributed by atoms with Crippen molar-refractivity contribution in [2.45, 2.75) is 18.7 Å². The first kappa shape index (κ1) is 12.5. The minimum atomic E-state index is -1.31. The van der Waals surface area contributed by atoms with Crippen LogP contribution in [0.25, 0.3) is 0 Å². The maximum atomic E-state index is 13.4. The molecule has 0 aliphatic carbocycles. The molecule has 0 unspecified atom stereocenters. The van der Waals surface area contributed by atoms with Gasteiger partial charge in [0.05, 0.1) is 4.87 Å². The van der Waals surface area contributed by atoms with E-state index in [1.54, 1.807) is 13.8 Å². The average Bonchev–Trinajstić information content (AvgIpc) is 1.99. The highest BCUT2D eigenvalue weighted by atomic mass is 79.9. The lowest BCUT2D eigenvalue weighted by molar-refractivity contribution is 0.0690. The highest BCUT2D eigenvalue weighted by molar-refractivity contribution is 9.10. The van der Waals surface area contributed by atoms with Gasteiger partial charge >= 0.3 is 5.97 Å². The molecule has 0 atom stereocenters. The summed E-state index contributed by atoms with van der Waals surface area (Å²) in [5.74, 6) is -2.10. The number of hydrogen-bond acceptors (Lipinski definition) is 1. The van der Waals surface area contributed by atoms with Crippen LogP contribution in [0.2, 0.25) is 0 Å². The molecule has 0 fully saturated rings. The first-order chi connectivity index (χ1) is 6.73. The normalized spacial score (nSPS) is 11.5. The summed E-state index contributed by atoms with van der Waals surface area (Å²) in [5, 5.41) is 8.74. The standard InChI is InChI=1S/C10H9BrClFO2/c1-10(2,12)5-3-6(11)8(9(14)15)7(13)4-5/h3-4H,1-2H3,(H,14,15). The van der Waals surface area contributed by atoms with Crippen LogP contribution in [0, 0.1) is 5.82 Å². The van der Waals surface area contributed by atoms with E-state index in [1.807, 2.05) is 0 Å². The molecule has 2 nitrogen and oxygen atoms in total. The maximum absolute atomic E-state index is 13.4. The van der Waals surface area contributed by atoms with E-state index < -0.39 is 16.7 Å². The predicted molar refractivity (Wildman–Crippen MR) is 59.9 cm³/mol. The minimum absolute atomic E-state index is 0.193. The third-order valence-electron chi connectivity index (χ3n) is 1.94. The van der Waals surface area contributed by atoms with E-state index >= 15 is 0 Å². The van der Waals surface area contributed by atoms with Crippen molar-refractivity contribution >= 4 is 33.5 Å². The third kappa shape index (κ3) is 2.69. The molecule has 1 aromatic rings. The number of halogens is 3. The van der Waals surface area contributed by atoms with E-state index in [9.17, 15) is 9.18 Å². The van der Waals surface area contributed by atoms with Crippen LogP contribution in [0.4, 0.5) is 4.39 Å². The molecule has 1 N–H and O–H groups in total. The number of aromatic carboxylic acids is 1. The zero-order valence-corrected chi connectivity index (χ0v) is 10.5. The SMILES string of the molecule is CC(C)(Cl)c1cc(F)c(C(=O)O)c(Br)c1. The van der Waals surface area contributed by atoms with E-state index in [0.717, 1.165) is 6.07 Å². The van der Waals surface area contributed by atoms with Crippen molar-refractivity contribution in [1.82, 2.24) is 0 Å². The molecule has 82 valence electrons. The zero-order valence-electron chi connectivity index (χ0n) is 8.14. The second-order valence-electron chi connectivity index (χ2n) is 3.59. The Morgan fingerprint density at radius 3 is 2.40 bits per heavy atom. The van der Waals surface area contributed by atoms with E-state index in [0.29, 0.717) is 5.56 Å². The molecule has 1 aromatic carbocycles. The minimum Gasteiger partial charge on any atom is -0.478 e. The van der Waals surface area contributed by atoms with Crippen LogP contribution in [-0.4, -0.2) is 11.1 Å². The Bertz CT molecular complexity index is 389. The molecule has 1 rings (SSSR count). The van der Waals surface area contributed by atoms with E-state index in [4.69, 9.17) is 16.7 Å². The number of carboxylic acid groups (broad SMARTS) is 1. The van der Waals surface area contributed by atoms with Crippen LogP contribution >= 0.6 is 27.5 Å². The molecule has 0 spiro atoms. The predicted octanol–water partition coefficient (Wildman–Crippen LogP) is 3.76. The Morgan fingerprint density at radius 1 is 1.53 bits per heavy atom. The molecule has 15 heavy (non-hydrogen) atoms. The number of carboxylic acids is 1. The summed E-state index contributed by atoms with van der Waals surface area (Å²) in [6.45, 7) is 3.41. The summed E-state index contributed by atoms with van der Waals surface area (Å²) in [6.07, 6.45) is 0. The summed E-state index contributed by atoms with van der Waals surface area (Å²) < 4.78 is 13.6. The van der Waals surface area contributed by atoms with Gasteiger partial charge in [-0.3, -0.25) is 0 Å². The Morgan fingerprint density at radius 2 is 2.07 bits per heavy atom. The molecular formula is C10H9BrClFO2. The molecule has 0 aliphatic heterocycles. The number of benzene rings is 1. The van der Waals surface area contributed by atoms with E-state index in [2.05, 4.69) is 15.9 Å². The Balaban J connectivity index is 3.39. The lowest BCUT2D eigenvalue weighted by atomic mass is 10.0. The van der Waals surface area contributed by atoms with Crippen LogP contribution in [-0.2, 0) is 4.87 Å². The second-order valence-corrected chi connectivity index (χ2v) is 5.39. The lowest BCUT2D eigenvalue weighted by Crippen LogP contribution is -2.11. The Hall–Kier alpha value is -0.610. The molecule has 0 saturated carbocycles. The molecule has 0 aromatic heterocycles. The largest absolute Gasteiger partial charge is 0.478 e. The lowest BCUT2D eigenvalue weighted by Gasteiger charge is -2.17. The van der Waals surface area contributed by atoms with Crippen molar-refractivity contribution in [3.63, 3.8) is 0 Å². The first-order valence-corrected chi connectivity index (χ1v) is 5.32. The van der Waals surface area contributed by atoms with Gasteiger partial charge in [0.25, 0.3) is 0 Å². The van der Waals surface area contributed by atoms with Crippen molar-refractivity contribution in [3.8, 4) is 0 Å². The summed E-state index contributed by atoms with van der Waals surface area (Å²) in [5.41, 5.74) is 0.151. The van der Waals surface area contributed by atoms with Crippen LogP contribution in [0.5, 0.6) is 0 Å². The summed E-state index contributed by atoms with van der Waals surface area (Å²) in [4.78, 5) is 9.96. The van der Waals surface area contributed by atoms with Gasteiger partial charge in [-0.1, -0.05) is 0 Å². The van der Waals surface area contributed by atoms with Crippen molar-refractivity contribution in [2.75, 3.05) is 0 Å². The van der Waals surface area contributed by atoms with Gasteiger partial charge in [0.2, 0.25) is 0 Å². The molecule has 0 amide bonds. The molecule has 0 radical (unpaired) electrons. The number of hydrogen-bond donors (Lipinski definition) is 1.